The summed E-state index contributed by atoms with van der Waals surface area (Å²) < 4.78 is 67.0. The number of nitrogens with two attached hydrogens (primary N) is 2. The molecule has 1 heterocycles. The third-order valence-electron chi connectivity index (χ3n) is 4.88. The van der Waals surface area contributed by atoms with Crippen molar-refractivity contribution in [1.82, 2.24) is 15.0 Å². The van der Waals surface area contributed by atoms with Crippen LogP contribution in [0.15, 0.2) is 68.6 Å². The summed E-state index contributed by atoms with van der Waals surface area (Å²) in [4.78, 5) is 21.7. The van der Waals surface area contributed by atoms with Crippen molar-refractivity contribution in [2.24, 2.45) is 16.0 Å². The second kappa shape index (κ2) is 10.3. The van der Waals surface area contributed by atoms with Crippen molar-refractivity contribution in [1.29, 1.82) is 0 Å². The van der Waals surface area contributed by atoms with E-state index in [1.807, 2.05) is 0 Å². The highest BCUT2D eigenvalue weighted by molar-refractivity contribution is 7.86. The van der Waals surface area contributed by atoms with Gasteiger partial charge in [0.15, 0.2) is 0 Å². The zero-order valence-corrected chi connectivity index (χ0v) is 21.5. The lowest BCUT2D eigenvalue weighted by Gasteiger charge is -2.11. The molecule has 39 heavy (non-hydrogen) atoms. The fourth-order valence-corrected chi connectivity index (χ4v) is 4.88. The van der Waals surface area contributed by atoms with Crippen molar-refractivity contribution in [3.05, 3.63) is 53.8 Å². The SMILES string of the molecule is NC(=O)Nc1cc(Nc2nc(N)nc(Cl)n2)ccc1/N=N/c1cc2c(S(=O)(=O)O)cccc2cc1S(=O)(=O)O. The summed E-state index contributed by atoms with van der Waals surface area (Å²) in [7, 11) is -9.56. The zero-order valence-electron chi connectivity index (χ0n) is 19.1. The normalized spacial score (nSPS) is 12.1. The number of nitrogen functional groups attached to an aromatic ring is 1. The Kier molecular flexibility index (Phi) is 7.31. The number of amides is 2. The van der Waals surface area contributed by atoms with E-state index in [2.05, 4.69) is 35.8 Å². The maximum atomic E-state index is 12.0. The Balaban J connectivity index is 1.81. The van der Waals surface area contributed by atoms with Gasteiger partial charge in [-0.1, -0.05) is 12.1 Å². The third kappa shape index (κ3) is 6.51. The Morgan fingerprint density at radius 1 is 0.897 bits per heavy atom. The number of rotatable bonds is 7. The second-order valence-corrected chi connectivity index (χ2v) is 10.7. The van der Waals surface area contributed by atoms with E-state index in [-0.39, 0.29) is 39.3 Å². The molecule has 0 aliphatic carbocycles. The summed E-state index contributed by atoms with van der Waals surface area (Å²) in [5.74, 6) is -0.170. The summed E-state index contributed by atoms with van der Waals surface area (Å²) in [6, 6.07) is 8.90. The van der Waals surface area contributed by atoms with Gasteiger partial charge in [0, 0.05) is 11.1 Å². The molecule has 0 bridgehead atoms. The van der Waals surface area contributed by atoms with E-state index in [4.69, 9.17) is 23.1 Å². The molecule has 0 aliphatic rings. The molecule has 0 radical (unpaired) electrons. The van der Waals surface area contributed by atoms with Crippen molar-refractivity contribution < 1.29 is 30.7 Å². The minimum absolute atomic E-state index is 0.00260. The number of urea groups is 1. The van der Waals surface area contributed by atoms with E-state index in [1.54, 1.807) is 0 Å². The predicted molar refractivity (Wildman–Crippen MR) is 140 cm³/mol. The van der Waals surface area contributed by atoms with Crippen LogP contribution >= 0.6 is 11.6 Å². The first-order valence-electron chi connectivity index (χ1n) is 10.3. The molecule has 0 aliphatic heterocycles. The van der Waals surface area contributed by atoms with Crippen molar-refractivity contribution in [2.45, 2.75) is 9.79 Å². The lowest BCUT2D eigenvalue weighted by Crippen LogP contribution is -2.19. The number of halogens is 1. The molecule has 0 saturated carbocycles. The maximum Gasteiger partial charge on any atom is 0.316 e. The highest BCUT2D eigenvalue weighted by Gasteiger charge is 2.21. The number of hydrogen-bond donors (Lipinski definition) is 6. The second-order valence-electron chi connectivity index (χ2n) is 7.58. The van der Waals surface area contributed by atoms with E-state index in [1.165, 1.54) is 30.3 Å². The first-order chi connectivity index (χ1) is 18.2. The fraction of sp³-hybridized carbons (Fsp3) is 0. The van der Waals surface area contributed by atoms with Crippen LogP contribution in [0.5, 0.6) is 0 Å². The highest BCUT2D eigenvalue weighted by Crippen LogP contribution is 2.36. The van der Waals surface area contributed by atoms with E-state index in [0.29, 0.717) is 5.69 Å². The standard InChI is InChI=1S/C20H16ClN9O7S2/c21-17-26-18(22)28-20(27-17)24-10-4-5-12(13(7-10)25-19(23)31)29-30-14-8-11-9(6-16(14)39(35,36)37)2-1-3-15(11)38(32,33)34/h1-8H,(H3,23,25,31)(H,32,33,34)(H,35,36,37)(H3,22,24,26,27,28)/b30-29+. The topological polar surface area (TPSA) is 265 Å². The Morgan fingerprint density at radius 2 is 1.59 bits per heavy atom. The Morgan fingerprint density at radius 3 is 2.23 bits per heavy atom. The number of nitrogens with zero attached hydrogens (tertiary/aromatic N) is 5. The van der Waals surface area contributed by atoms with Gasteiger partial charge in [-0.15, -0.1) is 10.2 Å². The smallest absolute Gasteiger partial charge is 0.316 e. The molecule has 3 aromatic carbocycles. The van der Waals surface area contributed by atoms with Crippen molar-refractivity contribution >= 4 is 83.3 Å². The van der Waals surface area contributed by atoms with Crippen molar-refractivity contribution in [2.75, 3.05) is 16.4 Å². The predicted octanol–water partition coefficient (Wildman–Crippen LogP) is 3.40. The van der Waals surface area contributed by atoms with Gasteiger partial charge in [0.25, 0.3) is 20.2 Å². The average Bonchev–Trinajstić information content (AvgIpc) is 2.80. The molecule has 0 fully saturated rings. The van der Waals surface area contributed by atoms with E-state index < -0.39 is 41.7 Å². The van der Waals surface area contributed by atoms with Gasteiger partial charge in [0.1, 0.15) is 21.2 Å². The number of carbonyl (C=O) groups is 1. The number of nitrogens with one attached hydrogen (secondary N) is 2. The Bertz CT molecular complexity index is 1860. The summed E-state index contributed by atoms with van der Waals surface area (Å²) in [5.41, 5.74) is 10.6. The number of azo groups is 1. The molecule has 202 valence electrons. The first kappa shape index (κ1) is 27.5. The number of primary amides is 1. The molecule has 0 spiro atoms. The fourth-order valence-electron chi connectivity index (χ4n) is 3.37. The van der Waals surface area contributed by atoms with Crippen LogP contribution in [0.4, 0.5) is 39.4 Å². The van der Waals surface area contributed by atoms with Gasteiger partial charge < -0.3 is 22.1 Å². The van der Waals surface area contributed by atoms with Gasteiger partial charge in [-0.25, -0.2) is 4.79 Å². The lowest BCUT2D eigenvalue weighted by atomic mass is 10.1. The van der Waals surface area contributed by atoms with Crippen LogP contribution in [0.2, 0.25) is 5.28 Å². The summed E-state index contributed by atoms with van der Waals surface area (Å²) in [5, 5.41) is 12.7. The molecular weight excluding hydrogens is 578 g/mol. The zero-order chi connectivity index (χ0) is 28.5. The van der Waals surface area contributed by atoms with Crippen molar-refractivity contribution in [3.63, 3.8) is 0 Å². The maximum absolute atomic E-state index is 12.0. The summed E-state index contributed by atoms with van der Waals surface area (Å²) in [6.07, 6.45) is 0. The molecule has 0 saturated heterocycles. The van der Waals surface area contributed by atoms with Crippen LogP contribution in [0.1, 0.15) is 0 Å². The molecule has 19 heteroatoms. The number of benzene rings is 3. The largest absolute Gasteiger partial charge is 0.368 e. The molecule has 2 amide bonds. The quantitative estimate of drug-likeness (QED) is 0.133. The number of anilines is 4. The van der Waals surface area contributed by atoms with E-state index in [9.17, 15) is 30.7 Å². The number of hydrogen-bond acceptors (Lipinski definition) is 12. The molecule has 4 rings (SSSR count). The minimum Gasteiger partial charge on any atom is -0.368 e. The molecule has 0 atom stereocenters. The van der Waals surface area contributed by atoms with Crippen LogP contribution in [0, 0.1) is 0 Å². The number of fused-ring (bicyclic) bond motifs is 1. The van der Waals surface area contributed by atoms with Crippen molar-refractivity contribution in [3.8, 4) is 0 Å². The monoisotopic (exact) mass is 593 g/mol. The molecule has 8 N–H and O–H groups in total. The van der Waals surface area contributed by atoms with Crippen LogP contribution in [0.3, 0.4) is 0 Å². The first-order valence-corrected chi connectivity index (χ1v) is 13.5. The number of aromatic nitrogens is 3. The molecular formula is C20H16ClN9O7S2. The van der Waals surface area contributed by atoms with Gasteiger partial charge in [-0.05, 0) is 53.4 Å². The molecule has 16 nitrogen and oxygen atoms in total. The van der Waals surface area contributed by atoms with Crippen LogP contribution in [0.25, 0.3) is 10.8 Å². The number of carbonyl (C=O) groups excluding carboxylic acids is 1. The van der Waals surface area contributed by atoms with Crippen LogP contribution in [-0.2, 0) is 20.2 Å². The van der Waals surface area contributed by atoms with Gasteiger partial charge in [-0.3, -0.25) is 9.11 Å². The van der Waals surface area contributed by atoms with Gasteiger partial charge in [0.2, 0.25) is 17.2 Å². The molecule has 1 aromatic heterocycles. The molecule has 0 unspecified atom stereocenters. The van der Waals surface area contributed by atoms with E-state index in [0.717, 1.165) is 18.2 Å². The summed E-state index contributed by atoms with van der Waals surface area (Å²) in [6.45, 7) is 0. The Labute approximate surface area is 224 Å². The van der Waals surface area contributed by atoms with Crippen LogP contribution in [-0.4, -0.2) is 46.9 Å². The summed E-state index contributed by atoms with van der Waals surface area (Å²) >= 11 is 5.77. The van der Waals surface area contributed by atoms with Crippen LogP contribution < -0.4 is 22.1 Å². The lowest BCUT2D eigenvalue weighted by molar-refractivity contribution is 0.259. The van der Waals surface area contributed by atoms with Gasteiger partial charge in [0.05, 0.1) is 5.69 Å². The Hall–Kier alpha value is -4.49. The highest BCUT2D eigenvalue weighted by atomic mass is 35.5. The third-order valence-corrected chi connectivity index (χ3v) is 6.84. The molecule has 4 aromatic rings. The van der Waals surface area contributed by atoms with E-state index >= 15 is 0 Å². The van der Waals surface area contributed by atoms with Gasteiger partial charge >= 0.3 is 6.03 Å². The average molecular weight is 594 g/mol. The minimum atomic E-state index is -4.86. The van der Waals surface area contributed by atoms with Gasteiger partial charge in [-0.2, -0.15) is 31.8 Å².